The number of aromatic nitrogens is 1. The first-order valence-electron chi connectivity index (χ1n) is 11.0. The Morgan fingerprint density at radius 3 is 2.89 bits per heavy atom. The monoisotopic (exact) mass is 382 g/mol. The third kappa shape index (κ3) is 2.42. The predicted molar refractivity (Wildman–Crippen MR) is 112 cm³/mol. The number of allylic oxidation sites excluding steroid dienone is 2. The summed E-state index contributed by atoms with van der Waals surface area (Å²) in [6, 6.07) is 2.13. The van der Waals surface area contributed by atoms with E-state index in [1.165, 1.54) is 36.8 Å². The quantitative estimate of drug-likeness (QED) is 0.727. The summed E-state index contributed by atoms with van der Waals surface area (Å²) in [5.74, 6) is 3.16. The highest BCUT2D eigenvalue weighted by molar-refractivity contribution is 5.78. The molecule has 5 rings (SSSR count). The molecule has 0 aromatic carbocycles. The number of ether oxygens (including phenoxy) is 1. The average Bonchev–Trinajstić information content (AvgIpc) is 3.23. The molecule has 3 heterocycles. The molecule has 2 saturated heterocycles. The lowest BCUT2D eigenvalue weighted by molar-refractivity contribution is -0.135. The fourth-order valence-electron chi connectivity index (χ4n) is 7.36. The second kappa shape index (κ2) is 6.33. The number of carbonyl (C=O) groups is 1. The van der Waals surface area contributed by atoms with Gasteiger partial charge in [0.2, 0.25) is 5.91 Å². The van der Waals surface area contributed by atoms with Crippen LogP contribution in [0.3, 0.4) is 0 Å². The Labute approximate surface area is 169 Å². The van der Waals surface area contributed by atoms with Crippen molar-refractivity contribution in [3.8, 4) is 5.75 Å². The molecule has 4 aliphatic rings. The molecule has 0 radical (unpaired) electrons. The summed E-state index contributed by atoms with van der Waals surface area (Å²) in [6.07, 6.45) is 14.0. The number of fused-ring (bicyclic) bond motifs is 5. The summed E-state index contributed by atoms with van der Waals surface area (Å²) < 4.78 is 5.43. The Kier molecular flexibility index (Phi) is 4.12. The van der Waals surface area contributed by atoms with E-state index in [4.69, 9.17) is 4.74 Å². The average molecular weight is 383 g/mol. The molecule has 3 fully saturated rings. The third-order valence-electron chi connectivity index (χ3n) is 8.75. The number of carbonyl (C=O) groups excluding carboxylic acids is 1. The fraction of sp³-hybridized carbons (Fsp3) is 0.667. The molecule has 2 aliphatic heterocycles. The van der Waals surface area contributed by atoms with Gasteiger partial charge in [-0.05, 0) is 85.8 Å². The minimum Gasteiger partial charge on any atom is -0.495 e. The minimum absolute atomic E-state index is 0. The van der Waals surface area contributed by atoms with Gasteiger partial charge in [0.15, 0.2) is 0 Å². The van der Waals surface area contributed by atoms with Crippen LogP contribution in [0.5, 0.6) is 5.75 Å². The Morgan fingerprint density at radius 1 is 1.21 bits per heavy atom. The molecular formula is C24H34N2O2. The molecular weight excluding hydrogens is 348 g/mol. The van der Waals surface area contributed by atoms with Crippen molar-refractivity contribution in [2.75, 3.05) is 13.7 Å². The van der Waals surface area contributed by atoms with Gasteiger partial charge < -0.3 is 9.64 Å². The molecule has 0 bridgehead atoms. The maximum Gasteiger partial charge on any atom is 0.223 e. The summed E-state index contributed by atoms with van der Waals surface area (Å²) >= 11 is 0. The lowest BCUT2D eigenvalue weighted by Crippen LogP contribution is -2.53. The first kappa shape index (κ1) is 18.2. The zero-order valence-corrected chi connectivity index (χ0v) is 17.4. The number of rotatable bonds is 2. The van der Waals surface area contributed by atoms with Crippen LogP contribution in [0.1, 0.15) is 65.8 Å². The van der Waals surface area contributed by atoms with Crippen molar-refractivity contribution in [1.29, 1.82) is 0 Å². The van der Waals surface area contributed by atoms with Crippen molar-refractivity contribution < 1.29 is 11.0 Å². The number of pyridine rings is 1. The summed E-state index contributed by atoms with van der Waals surface area (Å²) in [7, 11) is 1.70. The zero-order chi connectivity index (χ0) is 19.5. The molecule has 5 atom stereocenters. The molecule has 1 aromatic rings. The van der Waals surface area contributed by atoms with Gasteiger partial charge in [0.05, 0.1) is 13.3 Å². The maximum absolute atomic E-state index is 12.9. The summed E-state index contributed by atoms with van der Waals surface area (Å²) in [5, 5.41) is 0. The third-order valence-corrected chi connectivity index (χ3v) is 8.75. The molecule has 2 unspecified atom stereocenters. The van der Waals surface area contributed by atoms with Gasteiger partial charge in [0.25, 0.3) is 0 Å². The van der Waals surface area contributed by atoms with Gasteiger partial charge in [-0.1, -0.05) is 13.0 Å². The van der Waals surface area contributed by atoms with Crippen molar-refractivity contribution in [1.82, 2.24) is 9.88 Å². The van der Waals surface area contributed by atoms with E-state index >= 15 is 0 Å². The van der Waals surface area contributed by atoms with Gasteiger partial charge in [-0.15, -0.1) is 0 Å². The fourth-order valence-corrected chi connectivity index (χ4v) is 7.36. The van der Waals surface area contributed by atoms with Gasteiger partial charge in [-0.2, -0.15) is 0 Å². The van der Waals surface area contributed by atoms with E-state index in [1.54, 1.807) is 13.3 Å². The van der Waals surface area contributed by atoms with Crippen LogP contribution in [0.25, 0.3) is 5.57 Å². The highest BCUT2D eigenvalue weighted by Crippen LogP contribution is 2.63. The summed E-state index contributed by atoms with van der Waals surface area (Å²) in [6.45, 7) is 5.83. The highest BCUT2D eigenvalue weighted by atomic mass is 16.5. The molecule has 2 aliphatic carbocycles. The van der Waals surface area contributed by atoms with Crippen LogP contribution in [0.15, 0.2) is 24.5 Å². The van der Waals surface area contributed by atoms with Gasteiger partial charge in [-0.3, -0.25) is 9.78 Å². The summed E-state index contributed by atoms with van der Waals surface area (Å²) in [5.41, 5.74) is 2.93. The molecule has 1 aromatic heterocycles. The lowest BCUT2D eigenvalue weighted by Gasteiger charge is -2.53. The van der Waals surface area contributed by atoms with Crippen molar-refractivity contribution in [2.45, 2.75) is 64.3 Å². The topological polar surface area (TPSA) is 42.4 Å². The molecule has 4 heteroatoms. The number of methoxy groups -OCH3 is 1. The summed E-state index contributed by atoms with van der Waals surface area (Å²) in [4.78, 5) is 19.5. The largest absolute Gasteiger partial charge is 0.495 e. The first-order valence-corrected chi connectivity index (χ1v) is 11.0. The zero-order valence-electron chi connectivity index (χ0n) is 17.4. The number of nitrogens with zero attached hydrogens (tertiary/aromatic N) is 2. The van der Waals surface area contributed by atoms with E-state index < -0.39 is 0 Å². The van der Waals surface area contributed by atoms with E-state index in [1.807, 2.05) is 6.20 Å². The Balaban J connectivity index is 0.00000205. The Morgan fingerprint density at radius 2 is 2.07 bits per heavy atom. The van der Waals surface area contributed by atoms with Crippen molar-refractivity contribution in [3.05, 3.63) is 30.1 Å². The van der Waals surface area contributed by atoms with Gasteiger partial charge in [0.1, 0.15) is 5.75 Å². The standard InChI is InChI=1S/C24H32N2O2.H2/c1-23-11-9-21-18(5-8-22(27)26-12-4-10-24(21,26)2)20(23)7-6-19(23)16-13-17(28-3)15-25-14-16;/h6,13-15,18,20-21H,4-5,7-12H2,1-3H3;1H/t18-,20?,21?,23+,24+;/m0./s1. The van der Waals surface area contributed by atoms with Gasteiger partial charge in [-0.25, -0.2) is 0 Å². The predicted octanol–water partition coefficient (Wildman–Crippen LogP) is 4.95. The van der Waals surface area contributed by atoms with Crippen LogP contribution in [-0.2, 0) is 4.79 Å². The van der Waals surface area contributed by atoms with E-state index in [2.05, 4.69) is 35.9 Å². The van der Waals surface area contributed by atoms with Crippen molar-refractivity contribution >= 4 is 11.5 Å². The SMILES string of the molecule is COc1cncc(C2=CCC3[C@@H]4CCC(=O)N5CCC[C@]5(C)C4CC[C@]23C)c1.[HH]. The maximum atomic E-state index is 12.9. The number of amides is 1. The van der Waals surface area contributed by atoms with E-state index in [-0.39, 0.29) is 12.4 Å². The second-order valence-electron chi connectivity index (χ2n) is 9.84. The minimum atomic E-state index is 0. The normalized spacial score (nSPS) is 39.7. The second-order valence-corrected chi connectivity index (χ2v) is 9.84. The smallest absolute Gasteiger partial charge is 0.223 e. The van der Waals surface area contributed by atoms with Crippen LogP contribution in [0.2, 0.25) is 0 Å². The molecule has 0 N–H and O–H groups in total. The van der Waals surface area contributed by atoms with Crippen LogP contribution in [-0.4, -0.2) is 35.0 Å². The van der Waals surface area contributed by atoms with Crippen molar-refractivity contribution in [3.63, 3.8) is 0 Å². The number of hydrogen-bond acceptors (Lipinski definition) is 3. The molecule has 1 saturated carbocycles. The highest BCUT2D eigenvalue weighted by Gasteiger charge is 2.58. The first-order chi connectivity index (χ1) is 13.5. The molecule has 0 spiro atoms. The van der Waals surface area contributed by atoms with Crippen LogP contribution in [0, 0.1) is 23.2 Å². The number of hydrogen-bond donors (Lipinski definition) is 0. The Bertz CT molecular complexity index is 840. The molecule has 1 amide bonds. The van der Waals surface area contributed by atoms with E-state index in [9.17, 15) is 4.79 Å². The van der Waals surface area contributed by atoms with Crippen LogP contribution >= 0.6 is 0 Å². The van der Waals surface area contributed by atoms with E-state index in [0.29, 0.717) is 23.7 Å². The molecule has 4 nitrogen and oxygen atoms in total. The van der Waals surface area contributed by atoms with Gasteiger partial charge in [0, 0.05) is 26.1 Å². The van der Waals surface area contributed by atoms with Crippen molar-refractivity contribution in [2.24, 2.45) is 23.2 Å². The van der Waals surface area contributed by atoms with Gasteiger partial charge >= 0.3 is 0 Å². The molecule has 152 valence electrons. The molecule has 28 heavy (non-hydrogen) atoms. The van der Waals surface area contributed by atoms with E-state index in [0.717, 1.165) is 31.6 Å². The van der Waals surface area contributed by atoms with Crippen LogP contribution in [0.4, 0.5) is 0 Å². The van der Waals surface area contributed by atoms with Crippen LogP contribution < -0.4 is 4.74 Å². The lowest BCUT2D eigenvalue weighted by atomic mass is 9.54. The Hall–Kier alpha value is -1.84.